The maximum Gasteiger partial charge on any atom is 0.195 e. The molecule has 2 aliphatic heterocycles. The van der Waals surface area contributed by atoms with Crippen molar-refractivity contribution >= 4 is 5.78 Å². The van der Waals surface area contributed by atoms with Crippen molar-refractivity contribution < 1.29 is 19.0 Å². The van der Waals surface area contributed by atoms with Gasteiger partial charge in [0.2, 0.25) is 0 Å². The van der Waals surface area contributed by atoms with Gasteiger partial charge < -0.3 is 14.2 Å². The van der Waals surface area contributed by atoms with Crippen molar-refractivity contribution in [1.29, 1.82) is 0 Å². The molecule has 2 heterocycles. The third kappa shape index (κ3) is 1.39. The Morgan fingerprint density at radius 3 is 2.62 bits per heavy atom. The summed E-state index contributed by atoms with van der Waals surface area (Å²) in [6, 6.07) is 0. The van der Waals surface area contributed by atoms with E-state index in [0.717, 1.165) is 0 Å². The molecule has 0 N–H and O–H groups in total. The van der Waals surface area contributed by atoms with Crippen LogP contribution in [0.4, 0.5) is 0 Å². The predicted molar refractivity (Wildman–Crippen MR) is 44.0 cm³/mol. The summed E-state index contributed by atoms with van der Waals surface area (Å²) in [5, 5.41) is 0. The summed E-state index contributed by atoms with van der Waals surface area (Å²) in [4.78, 5) is 11.6. The molecule has 2 rings (SSSR count). The van der Waals surface area contributed by atoms with Crippen LogP contribution in [-0.2, 0) is 19.0 Å². The molecule has 4 heteroatoms. The second-order valence-electron chi connectivity index (χ2n) is 3.86. The van der Waals surface area contributed by atoms with Crippen LogP contribution in [0.15, 0.2) is 0 Å². The average molecular weight is 186 g/mol. The molecule has 0 saturated carbocycles. The van der Waals surface area contributed by atoms with E-state index in [-0.39, 0.29) is 11.9 Å². The number of ether oxygens (including phenoxy) is 3. The highest BCUT2D eigenvalue weighted by atomic mass is 16.8. The van der Waals surface area contributed by atoms with E-state index in [1.54, 1.807) is 13.8 Å². The number of hydrogen-bond acceptors (Lipinski definition) is 4. The van der Waals surface area contributed by atoms with Gasteiger partial charge in [-0.2, -0.15) is 0 Å². The zero-order chi connectivity index (χ0) is 9.64. The molecule has 2 fully saturated rings. The summed E-state index contributed by atoms with van der Waals surface area (Å²) in [5.74, 6) is -0.679. The lowest BCUT2D eigenvalue weighted by molar-refractivity contribution is -0.204. The lowest BCUT2D eigenvalue weighted by atomic mass is 10.1. The van der Waals surface area contributed by atoms with Crippen LogP contribution in [0.1, 0.15) is 27.2 Å². The first kappa shape index (κ1) is 9.12. The second kappa shape index (κ2) is 2.77. The van der Waals surface area contributed by atoms with E-state index in [1.165, 1.54) is 0 Å². The Morgan fingerprint density at radius 1 is 1.38 bits per heavy atom. The van der Waals surface area contributed by atoms with Crippen molar-refractivity contribution in [2.75, 3.05) is 0 Å². The summed E-state index contributed by atoms with van der Waals surface area (Å²) >= 11 is 0. The van der Waals surface area contributed by atoms with Crippen LogP contribution in [0.2, 0.25) is 0 Å². The van der Waals surface area contributed by atoms with Gasteiger partial charge in [0.15, 0.2) is 24.0 Å². The van der Waals surface area contributed by atoms with Crippen LogP contribution in [0.25, 0.3) is 0 Å². The van der Waals surface area contributed by atoms with Crippen LogP contribution in [-0.4, -0.2) is 30.1 Å². The van der Waals surface area contributed by atoms with Gasteiger partial charge in [-0.15, -0.1) is 0 Å². The van der Waals surface area contributed by atoms with Crippen molar-refractivity contribution in [2.45, 2.75) is 51.5 Å². The van der Waals surface area contributed by atoms with Crippen molar-refractivity contribution in [2.24, 2.45) is 0 Å². The molecule has 2 saturated heterocycles. The number of carbonyl (C=O) groups is 1. The normalized spacial score (nSPS) is 42.4. The number of ketones is 1. The van der Waals surface area contributed by atoms with Crippen molar-refractivity contribution in [3.05, 3.63) is 0 Å². The van der Waals surface area contributed by atoms with E-state index in [4.69, 9.17) is 14.2 Å². The third-order valence-corrected chi connectivity index (χ3v) is 2.32. The quantitative estimate of drug-likeness (QED) is 0.608. The topological polar surface area (TPSA) is 44.8 Å². The van der Waals surface area contributed by atoms with Gasteiger partial charge in [0, 0.05) is 0 Å². The molecule has 0 unspecified atom stereocenters. The summed E-state index contributed by atoms with van der Waals surface area (Å²) in [7, 11) is 0. The molecule has 74 valence electrons. The van der Waals surface area contributed by atoms with Crippen molar-refractivity contribution in [1.82, 2.24) is 0 Å². The van der Waals surface area contributed by atoms with Gasteiger partial charge in [-0.1, -0.05) is 6.92 Å². The summed E-state index contributed by atoms with van der Waals surface area (Å²) in [6.45, 7) is 5.47. The molecule has 0 amide bonds. The number of hydrogen-bond donors (Lipinski definition) is 0. The first-order chi connectivity index (χ1) is 6.03. The monoisotopic (exact) mass is 186 g/mol. The maximum atomic E-state index is 11.6. The zero-order valence-electron chi connectivity index (χ0n) is 8.07. The van der Waals surface area contributed by atoms with Gasteiger partial charge in [0.05, 0.1) is 0 Å². The number of rotatable bonds is 1. The van der Waals surface area contributed by atoms with Gasteiger partial charge in [-0.05, 0) is 20.3 Å². The van der Waals surface area contributed by atoms with Crippen LogP contribution in [0.5, 0.6) is 0 Å². The Kier molecular flexibility index (Phi) is 1.94. The van der Waals surface area contributed by atoms with Gasteiger partial charge >= 0.3 is 0 Å². The largest absolute Gasteiger partial charge is 0.338 e. The molecule has 2 aliphatic rings. The van der Waals surface area contributed by atoms with Gasteiger partial charge in [0.1, 0.15) is 6.10 Å². The molecule has 0 aliphatic carbocycles. The number of fused-ring (bicyclic) bond motifs is 1. The Labute approximate surface area is 77.1 Å². The van der Waals surface area contributed by atoms with Crippen LogP contribution in [0.3, 0.4) is 0 Å². The Morgan fingerprint density at radius 2 is 2.08 bits per heavy atom. The Bertz CT molecular complexity index is 236. The fourth-order valence-corrected chi connectivity index (χ4v) is 1.73. The average Bonchev–Trinajstić information content (AvgIpc) is 2.47. The molecular weight excluding hydrogens is 172 g/mol. The third-order valence-electron chi connectivity index (χ3n) is 2.32. The zero-order valence-corrected chi connectivity index (χ0v) is 8.07. The molecule has 3 atom stereocenters. The maximum absolute atomic E-state index is 11.6. The van der Waals surface area contributed by atoms with Gasteiger partial charge in [0.25, 0.3) is 0 Å². The molecule has 0 spiro atoms. The molecule has 13 heavy (non-hydrogen) atoms. The van der Waals surface area contributed by atoms with E-state index >= 15 is 0 Å². The van der Waals surface area contributed by atoms with Gasteiger partial charge in [-0.25, -0.2) is 0 Å². The molecule has 0 aromatic rings. The molecule has 0 radical (unpaired) electrons. The van der Waals surface area contributed by atoms with E-state index in [2.05, 4.69) is 0 Å². The first-order valence-electron chi connectivity index (χ1n) is 4.58. The van der Waals surface area contributed by atoms with Crippen LogP contribution in [0, 0.1) is 0 Å². The second-order valence-corrected chi connectivity index (χ2v) is 3.86. The highest BCUT2D eigenvalue weighted by molar-refractivity contribution is 5.89. The lowest BCUT2D eigenvalue weighted by Gasteiger charge is -2.19. The Balaban J connectivity index is 2.11. The number of Topliss-reactive ketones (excluding diaryl/α,β-unsaturated/α-hetero) is 1. The van der Waals surface area contributed by atoms with Crippen LogP contribution >= 0.6 is 0 Å². The van der Waals surface area contributed by atoms with E-state index in [0.29, 0.717) is 6.42 Å². The molecule has 0 bridgehead atoms. The molecule has 0 aromatic carbocycles. The fourth-order valence-electron chi connectivity index (χ4n) is 1.73. The Hall–Kier alpha value is -0.450. The SMILES string of the molecule is CC[C@H]1O[C@@H]2OC(C)(C)O[C@@H]2C1=O. The highest BCUT2D eigenvalue weighted by Crippen LogP contribution is 2.35. The summed E-state index contributed by atoms with van der Waals surface area (Å²) in [5.41, 5.74) is 0. The standard InChI is InChI=1S/C9H14O4/c1-4-5-6(10)7-8(11-5)13-9(2,3)12-7/h5,7-8H,4H2,1-3H3/t5-,7-,8-/m1/s1. The van der Waals surface area contributed by atoms with Crippen LogP contribution < -0.4 is 0 Å². The minimum absolute atomic E-state index is 0.0121. The van der Waals surface area contributed by atoms with Gasteiger partial charge in [-0.3, -0.25) is 4.79 Å². The number of carbonyl (C=O) groups excluding carboxylic acids is 1. The smallest absolute Gasteiger partial charge is 0.195 e. The summed E-state index contributed by atoms with van der Waals surface area (Å²) < 4.78 is 16.2. The van der Waals surface area contributed by atoms with E-state index < -0.39 is 18.2 Å². The lowest BCUT2D eigenvalue weighted by Crippen LogP contribution is -2.29. The molecule has 0 aromatic heterocycles. The van der Waals surface area contributed by atoms with E-state index in [1.807, 2.05) is 6.92 Å². The van der Waals surface area contributed by atoms with Crippen molar-refractivity contribution in [3.63, 3.8) is 0 Å². The molecular formula is C9H14O4. The predicted octanol–water partition coefficient (Wildman–Crippen LogP) is 0.842. The summed E-state index contributed by atoms with van der Waals surface area (Å²) in [6.07, 6.45) is -0.669. The minimum atomic E-state index is -0.691. The molecule has 4 nitrogen and oxygen atoms in total. The fraction of sp³-hybridized carbons (Fsp3) is 0.889. The van der Waals surface area contributed by atoms with E-state index in [9.17, 15) is 4.79 Å². The first-order valence-corrected chi connectivity index (χ1v) is 4.58. The highest BCUT2D eigenvalue weighted by Gasteiger charge is 2.53. The van der Waals surface area contributed by atoms with Crippen molar-refractivity contribution in [3.8, 4) is 0 Å². The minimum Gasteiger partial charge on any atom is -0.338 e.